The Morgan fingerprint density at radius 1 is 1.10 bits per heavy atom. The minimum Gasteiger partial charge on any atom is -0.507 e. The molecule has 0 spiro atoms. The molecular weight excluding hydrogens is 392 g/mol. The van der Waals surface area contributed by atoms with Gasteiger partial charge in [-0.1, -0.05) is 42.0 Å². The molecule has 2 aromatic carbocycles. The number of aryl methyl sites for hydroxylation is 1. The number of Topliss-reactive ketones (excluding diaryl/α,β-unsaturated/α-hetero) is 1. The van der Waals surface area contributed by atoms with E-state index in [1.165, 1.54) is 11.6 Å². The number of rotatable bonds is 3. The van der Waals surface area contributed by atoms with E-state index in [1.807, 2.05) is 37.3 Å². The number of ether oxygens (including phenoxy) is 2. The molecule has 1 atom stereocenters. The maximum absolute atomic E-state index is 12.8. The van der Waals surface area contributed by atoms with E-state index in [0.717, 1.165) is 12.0 Å². The smallest absolute Gasteiger partial charge is 0.342 e. The second-order valence-electron chi connectivity index (χ2n) is 8.12. The number of allylic oxidation sites excluding steroid dienone is 1. The summed E-state index contributed by atoms with van der Waals surface area (Å²) in [5.74, 6) is -0.0221. The van der Waals surface area contributed by atoms with Crippen molar-refractivity contribution in [3.63, 3.8) is 0 Å². The molecule has 5 nitrogen and oxygen atoms in total. The molecule has 1 heterocycles. The third kappa shape index (κ3) is 6.71. The largest absolute Gasteiger partial charge is 0.507 e. The first kappa shape index (κ1) is 22.6. The highest BCUT2D eigenvalue weighted by atomic mass is 16.5. The van der Waals surface area contributed by atoms with Gasteiger partial charge in [-0.25, -0.2) is 4.79 Å². The van der Waals surface area contributed by atoms with Gasteiger partial charge < -0.3 is 14.6 Å². The van der Waals surface area contributed by atoms with Crippen LogP contribution >= 0.6 is 0 Å². The first-order valence-electron chi connectivity index (χ1n) is 10.9. The Bertz CT molecular complexity index is 943. The first-order chi connectivity index (χ1) is 14.9. The van der Waals surface area contributed by atoms with Crippen LogP contribution < -0.4 is 4.74 Å². The third-order valence-electron chi connectivity index (χ3n) is 5.35. The van der Waals surface area contributed by atoms with Crippen LogP contribution in [0.3, 0.4) is 0 Å². The Balaban J connectivity index is 1.84. The monoisotopic (exact) mass is 422 g/mol. The van der Waals surface area contributed by atoms with Crippen LogP contribution in [0, 0.1) is 6.92 Å². The van der Waals surface area contributed by atoms with Gasteiger partial charge in [-0.15, -0.1) is 0 Å². The van der Waals surface area contributed by atoms with Crippen molar-refractivity contribution in [1.82, 2.24) is 0 Å². The summed E-state index contributed by atoms with van der Waals surface area (Å²) >= 11 is 0. The zero-order valence-corrected chi connectivity index (χ0v) is 18.2. The molecule has 0 aliphatic carbocycles. The number of ketones is 1. The van der Waals surface area contributed by atoms with Crippen LogP contribution in [-0.4, -0.2) is 23.0 Å². The number of carbonyl (C=O) groups excluding carboxylic acids is 2. The lowest BCUT2D eigenvalue weighted by Gasteiger charge is -2.16. The van der Waals surface area contributed by atoms with E-state index in [-0.39, 0.29) is 23.2 Å². The average molecular weight is 423 g/mol. The minimum atomic E-state index is -0.571. The summed E-state index contributed by atoms with van der Waals surface area (Å²) in [6, 6.07) is 11.2. The number of hydrogen-bond acceptors (Lipinski definition) is 5. The Morgan fingerprint density at radius 2 is 1.84 bits per heavy atom. The van der Waals surface area contributed by atoms with Gasteiger partial charge in [0.1, 0.15) is 29.5 Å². The standard InChI is InChI=1S/C26H30O5/c1-18-11-13-20(14-12-18)17-30-23-15-21-8-4-3-5-9-22(27)10-6-7-19(2)31-26(29)25(21)24(28)16-23/h4,8,11-16,19,28H,3,5-7,9-10,17H2,1-2H3/t19-/m0/s1. The molecule has 1 aliphatic heterocycles. The molecule has 0 aromatic heterocycles. The predicted molar refractivity (Wildman–Crippen MR) is 120 cm³/mol. The number of benzene rings is 2. The number of phenolic OH excluding ortho intramolecular Hbond substituents is 1. The lowest BCUT2D eigenvalue weighted by molar-refractivity contribution is -0.119. The lowest BCUT2D eigenvalue weighted by Crippen LogP contribution is -2.17. The topological polar surface area (TPSA) is 72.8 Å². The van der Waals surface area contributed by atoms with E-state index in [9.17, 15) is 14.7 Å². The van der Waals surface area contributed by atoms with Gasteiger partial charge in [-0.2, -0.15) is 0 Å². The zero-order chi connectivity index (χ0) is 22.2. The maximum atomic E-state index is 12.8. The van der Waals surface area contributed by atoms with Crippen LogP contribution in [0.5, 0.6) is 11.5 Å². The molecule has 5 heteroatoms. The van der Waals surface area contributed by atoms with E-state index < -0.39 is 5.97 Å². The van der Waals surface area contributed by atoms with Gasteiger partial charge in [0.25, 0.3) is 0 Å². The molecule has 0 radical (unpaired) electrons. The van der Waals surface area contributed by atoms with Crippen molar-refractivity contribution >= 4 is 17.8 Å². The molecule has 1 N–H and O–H groups in total. The van der Waals surface area contributed by atoms with Gasteiger partial charge in [0.05, 0.1) is 6.10 Å². The fourth-order valence-electron chi connectivity index (χ4n) is 3.55. The second-order valence-corrected chi connectivity index (χ2v) is 8.12. The van der Waals surface area contributed by atoms with Crippen molar-refractivity contribution in [3.05, 3.63) is 64.7 Å². The Morgan fingerprint density at radius 3 is 2.61 bits per heavy atom. The summed E-state index contributed by atoms with van der Waals surface area (Å²) in [6.45, 7) is 4.18. The van der Waals surface area contributed by atoms with E-state index in [4.69, 9.17) is 9.47 Å². The van der Waals surface area contributed by atoms with Crippen molar-refractivity contribution in [2.24, 2.45) is 0 Å². The fourth-order valence-corrected chi connectivity index (χ4v) is 3.55. The summed E-state index contributed by atoms with van der Waals surface area (Å²) in [5, 5.41) is 10.6. The van der Waals surface area contributed by atoms with Crippen LogP contribution in [0.15, 0.2) is 42.5 Å². The summed E-state index contributed by atoms with van der Waals surface area (Å²) < 4.78 is 11.4. The third-order valence-corrected chi connectivity index (χ3v) is 5.35. The SMILES string of the molecule is Cc1ccc(COc2cc(O)c3c(c2)C=CCCCC(=O)CCC[C@H](C)OC3=O)cc1. The number of hydrogen-bond donors (Lipinski definition) is 1. The molecule has 2 aromatic rings. The first-order valence-corrected chi connectivity index (χ1v) is 10.9. The van der Waals surface area contributed by atoms with Crippen molar-refractivity contribution in [2.75, 3.05) is 0 Å². The number of fused-ring (bicyclic) bond motifs is 1. The van der Waals surface area contributed by atoms with Gasteiger partial charge >= 0.3 is 5.97 Å². The molecule has 0 bridgehead atoms. The molecule has 0 saturated carbocycles. The molecule has 0 saturated heterocycles. The number of carbonyl (C=O) groups is 2. The van der Waals surface area contributed by atoms with Crippen molar-refractivity contribution in [2.45, 2.75) is 65.1 Å². The summed E-state index contributed by atoms with van der Waals surface area (Å²) in [6.07, 6.45) is 7.21. The van der Waals surface area contributed by atoms with E-state index in [2.05, 4.69) is 0 Å². The van der Waals surface area contributed by atoms with E-state index in [1.54, 1.807) is 19.1 Å². The summed E-state index contributed by atoms with van der Waals surface area (Å²) in [5.41, 5.74) is 2.87. The van der Waals surface area contributed by atoms with Crippen molar-refractivity contribution in [1.29, 1.82) is 0 Å². The molecule has 3 rings (SSSR count). The molecule has 0 amide bonds. The molecule has 1 aliphatic rings. The van der Waals surface area contributed by atoms with Crippen LogP contribution in [0.4, 0.5) is 0 Å². The molecule has 0 unspecified atom stereocenters. The van der Waals surface area contributed by atoms with Gasteiger partial charge in [0.2, 0.25) is 0 Å². The number of esters is 1. The zero-order valence-electron chi connectivity index (χ0n) is 18.2. The predicted octanol–water partition coefficient (Wildman–Crippen LogP) is 5.76. The molecule has 31 heavy (non-hydrogen) atoms. The number of cyclic esters (lactones) is 1. The van der Waals surface area contributed by atoms with E-state index >= 15 is 0 Å². The van der Waals surface area contributed by atoms with Gasteiger partial charge in [0, 0.05) is 18.9 Å². The van der Waals surface area contributed by atoms with Crippen LogP contribution in [-0.2, 0) is 16.1 Å². The summed E-state index contributed by atoms with van der Waals surface area (Å²) in [7, 11) is 0. The highest BCUT2D eigenvalue weighted by molar-refractivity contribution is 5.97. The highest BCUT2D eigenvalue weighted by Gasteiger charge is 2.21. The Labute approximate surface area is 183 Å². The van der Waals surface area contributed by atoms with Gasteiger partial charge in [-0.3, -0.25) is 4.79 Å². The van der Waals surface area contributed by atoms with Crippen molar-refractivity contribution < 1.29 is 24.2 Å². The van der Waals surface area contributed by atoms with Crippen LogP contribution in [0.25, 0.3) is 6.08 Å². The fraction of sp³-hybridized carbons (Fsp3) is 0.385. The molecule has 164 valence electrons. The van der Waals surface area contributed by atoms with E-state index in [0.29, 0.717) is 50.0 Å². The summed E-state index contributed by atoms with van der Waals surface area (Å²) in [4.78, 5) is 24.7. The average Bonchev–Trinajstić information content (AvgIpc) is 2.72. The van der Waals surface area contributed by atoms with Gasteiger partial charge in [-0.05, 0) is 56.7 Å². The number of aromatic hydroxyl groups is 1. The second kappa shape index (κ2) is 10.8. The highest BCUT2D eigenvalue weighted by Crippen LogP contribution is 2.31. The molecule has 0 fully saturated rings. The maximum Gasteiger partial charge on any atom is 0.342 e. The Kier molecular flexibility index (Phi) is 7.88. The van der Waals surface area contributed by atoms with Crippen LogP contribution in [0.1, 0.15) is 72.5 Å². The lowest BCUT2D eigenvalue weighted by atomic mass is 10.0. The van der Waals surface area contributed by atoms with Gasteiger partial charge in [0.15, 0.2) is 0 Å². The molecular formula is C26H30O5. The Hall–Kier alpha value is -3.08. The normalized spacial score (nSPS) is 18.1. The quantitative estimate of drug-likeness (QED) is 0.637. The van der Waals surface area contributed by atoms with Crippen molar-refractivity contribution in [3.8, 4) is 11.5 Å². The minimum absolute atomic E-state index is 0.138. The number of phenols is 1. The van der Waals surface area contributed by atoms with Crippen LogP contribution in [0.2, 0.25) is 0 Å².